The van der Waals surface area contributed by atoms with Crippen LogP contribution >= 0.6 is 0 Å². The lowest BCUT2D eigenvalue weighted by Crippen LogP contribution is -2.70. The normalized spacial score (nSPS) is 16.9. The summed E-state index contributed by atoms with van der Waals surface area (Å²) in [5, 5.41) is 13.0. The Bertz CT molecular complexity index is 1180. The summed E-state index contributed by atoms with van der Waals surface area (Å²) >= 11 is 0. The number of hydrogen-bond donors (Lipinski definition) is 1. The van der Waals surface area contributed by atoms with Gasteiger partial charge in [0.05, 0.1) is 12.6 Å². The van der Waals surface area contributed by atoms with Gasteiger partial charge >= 0.3 is 0 Å². The van der Waals surface area contributed by atoms with Crippen LogP contribution in [0.25, 0.3) is 0 Å². The first-order valence-electron chi connectivity index (χ1n) is 11.7. The van der Waals surface area contributed by atoms with E-state index in [-0.39, 0.29) is 17.6 Å². The van der Waals surface area contributed by atoms with Gasteiger partial charge in [0.15, 0.2) is 11.4 Å². The maximum absolute atomic E-state index is 13.8. The highest BCUT2D eigenvalue weighted by atomic mass is 16.5. The van der Waals surface area contributed by atoms with Gasteiger partial charge in [-0.15, -0.1) is 0 Å². The Balaban J connectivity index is 1.82. The van der Waals surface area contributed by atoms with Gasteiger partial charge in [0.25, 0.3) is 5.91 Å². The van der Waals surface area contributed by atoms with Crippen LogP contribution in [0.1, 0.15) is 53.3 Å². The average Bonchev–Trinajstić information content (AvgIpc) is 3.35. The fourth-order valence-corrected chi connectivity index (χ4v) is 5.58. The zero-order valence-corrected chi connectivity index (χ0v) is 19.3. The summed E-state index contributed by atoms with van der Waals surface area (Å²) in [6, 6.07) is 21.4. The third-order valence-corrected chi connectivity index (χ3v) is 7.06. The van der Waals surface area contributed by atoms with E-state index in [4.69, 9.17) is 4.74 Å². The largest absolute Gasteiger partial charge is 0.502 e. The van der Waals surface area contributed by atoms with Gasteiger partial charge in [-0.1, -0.05) is 60.7 Å². The Hall–Kier alpha value is -3.58. The monoisotopic (exact) mass is 459 g/mol. The van der Waals surface area contributed by atoms with Crippen molar-refractivity contribution in [1.29, 1.82) is 0 Å². The van der Waals surface area contributed by atoms with E-state index in [1.165, 1.54) is 6.07 Å². The Morgan fingerprint density at radius 2 is 1.53 bits per heavy atom. The van der Waals surface area contributed by atoms with Crippen molar-refractivity contribution in [2.75, 3.05) is 25.3 Å². The molecular weight excluding hydrogens is 430 g/mol. The van der Waals surface area contributed by atoms with Crippen LogP contribution < -0.4 is 10.4 Å². The summed E-state index contributed by atoms with van der Waals surface area (Å²) in [6.07, 6.45) is 5.15. The molecule has 7 nitrogen and oxygen atoms in total. The second kappa shape index (κ2) is 8.99. The van der Waals surface area contributed by atoms with Gasteiger partial charge in [0.2, 0.25) is 5.43 Å². The molecule has 2 aliphatic rings. The Labute approximate surface area is 198 Å². The van der Waals surface area contributed by atoms with Crippen molar-refractivity contribution in [2.24, 2.45) is 0 Å². The van der Waals surface area contributed by atoms with Crippen molar-refractivity contribution in [1.82, 2.24) is 9.58 Å². The highest BCUT2D eigenvalue weighted by Crippen LogP contribution is 2.47. The van der Waals surface area contributed by atoms with Crippen molar-refractivity contribution in [2.45, 2.75) is 37.4 Å². The third-order valence-electron chi connectivity index (χ3n) is 7.06. The highest BCUT2D eigenvalue weighted by molar-refractivity contribution is 5.97. The first-order valence-corrected chi connectivity index (χ1v) is 11.7. The molecule has 5 rings (SSSR count). The number of ether oxygens (including phenoxy) is 1. The fraction of sp³-hybridized carbons (Fsp3) is 0.333. The van der Waals surface area contributed by atoms with Crippen LogP contribution in [-0.4, -0.2) is 46.5 Å². The van der Waals surface area contributed by atoms with Crippen molar-refractivity contribution in [3.05, 3.63) is 100.0 Å². The lowest BCUT2D eigenvalue weighted by atomic mass is 9.92. The predicted molar refractivity (Wildman–Crippen MR) is 129 cm³/mol. The second-order valence-electron chi connectivity index (χ2n) is 8.93. The van der Waals surface area contributed by atoms with Crippen LogP contribution in [-0.2, 0) is 4.74 Å². The molecule has 1 aliphatic heterocycles. The number of rotatable bonds is 6. The molecule has 0 bridgehead atoms. The number of carbonyl (C=O) groups excluding carboxylic acids is 1. The van der Waals surface area contributed by atoms with Gasteiger partial charge in [-0.05, 0) is 36.8 Å². The molecule has 0 saturated heterocycles. The van der Waals surface area contributed by atoms with Gasteiger partial charge in [-0.2, -0.15) is 0 Å². The molecular formula is C27H29N3O4. The number of hydrogen-bond acceptors (Lipinski definition) is 5. The first kappa shape index (κ1) is 22.2. The van der Waals surface area contributed by atoms with E-state index in [1.54, 1.807) is 18.0 Å². The topological polar surface area (TPSA) is 75.0 Å². The molecule has 0 atom stereocenters. The summed E-state index contributed by atoms with van der Waals surface area (Å²) in [4.78, 5) is 28.0. The number of carbonyl (C=O) groups is 1. The number of fused-ring (bicyclic) bond motifs is 1. The predicted octanol–water partition coefficient (Wildman–Crippen LogP) is 3.65. The zero-order chi connectivity index (χ0) is 23.7. The fourth-order valence-electron chi connectivity index (χ4n) is 5.58. The minimum absolute atomic E-state index is 0.00186. The number of nitrogens with zero attached hydrogens (tertiary/aromatic N) is 3. The second-order valence-corrected chi connectivity index (χ2v) is 8.93. The molecule has 176 valence electrons. The molecule has 1 aromatic heterocycles. The quantitative estimate of drug-likeness (QED) is 0.609. The average molecular weight is 460 g/mol. The molecule has 0 radical (unpaired) electrons. The van der Waals surface area contributed by atoms with Crippen LogP contribution in [0.5, 0.6) is 5.75 Å². The maximum Gasteiger partial charge on any atom is 0.278 e. The van der Waals surface area contributed by atoms with Crippen LogP contribution in [0.4, 0.5) is 0 Å². The molecule has 1 spiro atoms. The van der Waals surface area contributed by atoms with Gasteiger partial charge in [0, 0.05) is 25.9 Å². The van der Waals surface area contributed by atoms with E-state index >= 15 is 0 Å². The molecule has 1 fully saturated rings. The lowest BCUT2D eigenvalue weighted by molar-refractivity contribution is 0.0134. The Morgan fingerprint density at radius 3 is 2.09 bits per heavy atom. The number of benzene rings is 2. The first-order chi connectivity index (χ1) is 16.6. The smallest absolute Gasteiger partial charge is 0.278 e. The molecule has 0 unspecified atom stereocenters. The van der Waals surface area contributed by atoms with Crippen LogP contribution in [0.15, 0.2) is 77.7 Å². The van der Waals surface area contributed by atoms with Gasteiger partial charge in [0.1, 0.15) is 5.66 Å². The zero-order valence-electron chi connectivity index (χ0n) is 19.3. The van der Waals surface area contributed by atoms with Gasteiger partial charge in [-0.25, -0.2) is 0 Å². The minimum Gasteiger partial charge on any atom is -0.502 e. The van der Waals surface area contributed by atoms with Crippen molar-refractivity contribution in [3.63, 3.8) is 0 Å². The number of amides is 1. The maximum atomic E-state index is 13.8. The van der Waals surface area contributed by atoms with Crippen LogP contribution in [0.2, 0.25) is 0 Å². The SMILES string of the molecule is COCCN1C(=O)c2c(O)c(=O)ccn2N(C(c2ccccc2)c2ccccc2)C12CCCC2. The number of aromatic nitrogens is 1. The molecule has 2 aromatic carbocycles. The van der Waals surface area contributed by atoms with Crippen LogP contribution in [0, 0.1) is 0 Å². The molecule has 2 heterocycles. The van der Waals surface area contributed by atoms with E-state index in [2.05, 4.69) is 29.3 Å². The van der Waals surface area contributed by atoms with E-state index in [9.17, 15) is 14.7 Å². The molecule has 1 N–H and O–H groups in total. The van der Waals surface area contributed by atoms with Crippen molar-refractivity contribution < 1.29 is 14.6 Å². The van der Waals surface area contributed by atoms with E-state index in [0.717, 1.165) is 36.8 Å². The molecule has 1 amide bonds. The van der Waals surface area contributed by atoms with Crippen molar-refractivity contribution in [3.8, 4) is 5.75 Å². The number of methoxy groups -OCH3 is 1. The summed E-state index contributed by atoms with van der Waals surface area (Å²) in [5.74, 6) is -0.863. The summed E-state index contributed by atoms with van der Waals surface area (Å²) < 4.78 is 7.08. The molecule has 3 aromatic rings. The molecule has 7 heteroatoms. The van der Waals surface area contributed by atoms with Crippen molar-refractivity contribution >= 4 is 5.91 Å². The Morgan fingerprint density at radius 1 is 0.941 bits per heavy atom. The summed E-state index contributed by atoms with van der Waals surface area (Å²) in [6.45, 7) is 0.727. The number of pyridine rings is 1. The van der Waals surface area contributed by atoms with E-state index < -0.39 is 16.8 Å². The van der Waals surface area contributed by atoms with Gasteiger partial charge in [-0.3, -0.25) is 19.3 Å². The molecule has 34 heavy (non-hydrogen) atoms. The molecule has 1 saturated carbocycles. The Kier molecular flexibility index (Phi) is 5.87. The molecule has 1 aliphatic carbocycles. The lowest BCUT2D eigenvalue weighted by Gasteiger charge is -2.57. The third kappa shape index (κ3) is 3.47. The summed E-state index contributed by atoms with van der Waals surface area (Å²) in [7, 11) is 1.61. The van der Waals surface area contributed by atoms with Gasteiger partial charge < -0.3 is 14.7 Å². The van der Waals surface area contributed by atoms with Crippen LogP contribution in [0.3, 0.4) is 0 Å². The number of aromatic hydroxyl groups is 1. The highest BCUT2D eigenvalue weighted by Gasteiger charge is 2.54. The van der Waals surface area contributed by atoms with E-state index in [1.807, 2.05) is 41.3 Å². The summed E-state index contributed by atoms with van der Waals surface area (Å²) in [5.41, 5.74) is 0.929. The van der Waals surface area contributed by atoms with E-state index in [0.29, 0.717) is 13.2 Å². The standard InChI is InChI=1S/C27H29N3O4/c1-34-19-18-28-26(33)24-25(32)22(31)14-17-29(24)30(27(28)15-8-9-16-27)23(20-10-4-2-5-11-20)21-12-6-3-7-13-21/h2-7,10-14,17,23,32H,8-9,15-16,18-19H2,1H3. The minimum atomic E-state index is -0.625.